The zero-order valence-corrected chi connectivity index (χ0v) is 10.5. The van der Waals surface area contributed by atoms with Gasteiger partial charge in [0.15, 0.2) is 5.82 Å². The van der Waals surface area contributed by atoms with Gasteiger partial charge in [-0.1, -0.05) is 0 Å². The molecule has 5 heteroatoms. The van der Waals surface area contributed by atoms with Crippen molar-refractivity contribution in [1.82, 2.24) is 19.9 Å². The van der Waals surface area contributed by atoms with Crippen LogP contribution in [0.15, 0.2) is 18.3 Å². The monoisotopic (exact) mass is 241 g/mol. The molecule has 0 atom stereocenters. The van der Waals surface area contributed by atoms with Gasteiger partial charge in [-0.25, -0.2) is 19.9 Å². The van der Waals surface area contributed by atoms with Gasteiger partial charge in [-0.05, 0) is 25.8 Å². The molecule has 1 aliphatic carbocycles. The van der Waals surface area contributed by atoms with Crippen molar-refractivity contribution in [3.05, 3.63) is 29.8 Å². The van der Waals surface area contributed by atoms with Gasteiger partial charge in [-0.2, -0.15) is 0 Å². The van der Waals surface area contributed by atoms with E-state index in [4.69, 9.17) is 0 Å². The standard InChI is InChI=1S/C13H15N5/c1-8-15-6-5-10(16-8)13-17-11(9-3-4-9)7-12(14-2)18-13/h5-7,9H,3-4H2,1-2H3,(H,14,17,18). The minimum atomic E-state index is 0.599. The van der Waals surface area contributed by atoms with Gasteiger partial charge in [-0.15, -0.1) is 0 Å². The summed E-state index contributed by atoms with van der Waals surface area (Å²) in [6.07, 6.45) is 4.19. The highest BCUT2D eigenvalue weighted by molar-refractivity contribution is 5.53. The summed E-state index contributed by atoms with van der Waals surface area (Å²) in [5.74, 6) is 2.85. The van der Waals surface area contributed by atoms with Crippen LogP contribution in [0, 0.1) is 6.92 Å². The second kappa shape index (κ2) is 4.33. The predicted molar refractivity (Wildman–Crippen MR) is 69.3 cm³/mol. The fourth-order valence-electron chi connectivity index (χ4n) is 1.88. The van der Waals surface area contributed by atoms with Crippen molar-refractivity contribution in [1.29, 1.82) is 0 Å². The number of nitrogens with zero attached hydrogens (tertiary/aromatic N) is 4. The lowest BCUT2D eigenvalue weighted by atomic mass is 10.2. The van der Waals surface area contributed by atoms with Crippen LogP contribution < -0.4 is 5.32 Å². The van der Waals surface area contributed by atoms with E-state index in [0.717, 1.165) is 23.0 Å². The zero-order chi connectivity index (χ0) is 12.5. The number of aromatic nitrogens is 4. The van der Waals surface area contributed by atoms with Crippen molar-refractivity contribution >= 4 is 5.82 Å². The van der Waals surface area contributed by atoms with Crippen molar-refractivity contribution in [3.8, 4) is 11.5 Å². The van der Waals surface area contributed by atoms with E-state index in [-0.39, 0.29) is 0 Å². The van der Waals surface area contributed by atoms with Crippen LogP contribution >= 0.6 is 0 Å². The van der Waals surface area contributed by atoms with Crippen molar-refractivity contribution in [2.45, 2.75) is 25.7 Å². The number of anilines is 1. The molecule has 0 aliphatic heterocycles. The van der Waals surface area contributed by atoms with Crippen LogP contribution in [0.5, 0.6) is 0 Å². The zero-order valence-electron chi connectivity index (χ0n) is 10.5. The Bertz CT molecular complexity index is 577. The summed E-state index contributed by atoms with van der Waals surface area (Å²) in [4.78, 5) is 17.5. The number of rotatable bonds is 3. The van der Waals surface area contributed by atoms with Crippen LogP contribution in [-0.2, 0) is 0 Å². The van der Waals surface area contributed by atoms with Crippen molar-refractivity contribution in [2.24, 2.45) is 0 Å². The molecular weight excluding hydrogens is 226 g/mol. The highest BCUT2D eigenvalue weighted by Crippen LogP contribution is 2.40. The van der Waals surface area contributed by atoms with E-state index < -0.39 is 0 Å². The Hall–Kier alpha value is -2.04. The van der Waals surface area contributed by atoms with Gasteiger partial charge in [0, 0.05) is 30.9 Å². The Morgan fingerprint density at radius 2 is 2.06 bits per heavy atom. The van der Waals surface area contributed by atoms with Gasteiger partial charge in [0.25, 0.3) is 0 Å². The number of hydrogen-bond acceptors (Lipinski definition) is 5. The minimum absolute atomic E-state index is 0.599. The maximum atomic E-state index is 4.61. The molecule has 0 spiro atoms. The second-order valence-electron chi connectivity index (χ2n) is 4.52. The molecule has 1 saturated carbocycles. The molecule has 2 heterocycles. The Labute approximate surface area is 106 Å². The van der Waals surface area contributed by atoms with Gasteiger partial charge in [0.2, 0.25) is 0 Å². The SMILES string of the molecule is CNc1cc(C2CC2)nc(-c2ccnc(C)n2)n1. The molecular formula is C13H15N5. The summed E-state index contributed by atoms with van der Waals surface area (Å²) in [7, 11) is 1.87. The van der Waals surface area contributed by atoms with Crippen molar-refractivity contribution < 1.29 is 0 Å². The first-order valence-corrected chi connectivity index (χ1v) is 6.13. The van der Waals surface area contributed by atoms with E-state index in [9.17, 15) is 0 Å². The third-order valence-corrected chi connectivity index (χ3v) is 3.00. The average Bonchev–Trinajstić information content (AvgIpc) is 3.22. The van der Waals surface area contributed by atoms with Gasteiger partial charge in [0.05, 0.1) is 0 Å². The summed E-state index contributed by atoms with van der Waals surface area (Å²) in [5, 5.41) is 3.08. The topological polar surface area (TPSA) is 63.6 Å². The Morgan fingerprint density at radius 3 is 2.72 bits per heavy atom. The third-order valence-electron chi connectivity index (χ3n) is 3.00. The lowest BCUT2D eigenvalue weighted by Crippen LogP contribution is -2.02. The summed E-state index contributed by atoms with van der Waals surface area (Å²) in [6.45, 7) is 1.87. The highest BCUT2D eigenvalue weighted by atomic mass is 15.0. The van der Waals surface area contributed by atoms with Gasteiger partial charge in [-0.3, -0.25) is 0 Å². The molecule has 0 radical (unpaired) electrons. The normalized spacial score (nSPS) is 14.6. The van der Waals surface area contributed by atoms with Crippen LogP contribution in [0.1, 0.15) is 30.3 Å². The summed E-state index contributed by atoms with van der Waals surface area (Å²) in [5.41, 5.74) is 1.89. The third kappa shape index (κ3) is 2.16. The molecule has 0 aromatic carbocycles. The van der Waals surface area contributed by atoms with Gasteiger partial charge >= 0.3 is 0 Å². The Morgan fingerprint density at radius 1 is 1.22 bits per heavy atom. The number of hydrogen-bond donors (Lipinski definition) is 1. The highest BCUT2D eigenvalue weighted by Gasteiger charge is 2.26. The van der Waals surface area contributed by atoms with Crippen LogP contribution in [0.4, 0.5) is 5.82 Å². The largest absolute Gasteiger partial charge is 0.373 e. The molecule has 1 N–H and O–H groups in total. The van der Waals surface area contributed by atoms with Crippen LogP contribution in [0.2, 0.25) is 0 Å². The van der Waals surface area contributed by atoms with E-state index in [2.05, 4.69) is 25.3 Å². The van der Waals surface area contributed by atoms with E-state index in [0.29, 0.717) is 11.7 Å². The van der Waals surface area contributed by atoms with Crippen molar-refractivity contribution in [3.63, 3.8) is 0 Å². The first kappa shape index (κ1) is 11.1. The maximum Gasteiger partial charge on any atom is 0.180 e. The molecule has 0 saturated heterocycles. The van der Waals surface area contributed by atoms with Crippen LogP contribution in [0.3, 0.4) is 0 Å². The molecule has 0 amide bonds. The summed E-state index contributed by atoms with van der Waals surface area (Å²) in [6, 6.07) is 3.87. The van der Waals surface area contributed by atoms with E-state index in [1.807, 2.05) is 26.1 Å². The van der Waals surface area contributed by atoms with E-state index in [1.54, 1.807) is 6.20 Å². The minimum Gasteiger partial charge on any atom is -0.373 e. The molecule has 0 bridgehead atoms. The second-order valence-corrected chi connectivity index (χ2v) is 4.52. The van der Waals surface area contributed by atoms with Gasteiger partial charge < -0.3 is 5.32 Å². The molecule has 2 aromatic rings. The van der Waals surface area contributed by atoms with E-state index >= 15 is 0 Å². The Kier molecular flexibility index (Phi) is 2.66. The first-order valence-electron chi connectivity index (χ1n) is 6.13. The number of aryl methyl sites for hydroxylation is 1. The Balaban J connectivity index is 2.07. The smallest absolute Gasteiger partial charge is 0.180 e. The fraction of sp³-hybridized carbons (Fsp3) is 0.385. The van der Waals surface area contributed by atoms with E-state index in [1.165, 1.54) is 12.8 Å². The molecule has 3 rings (SSSR count). The summed E-state index contributed by atoms with van der Waals surface area (Å²) >= 11 is 0. The quantitative estimate of drug-likeness (QED) is 0.892. The first-order chi connectivity index (χ1) is 8.76. The van der Waals surface area contributed by atoms with Gasteiger partial charge in [0.1, 0.15) is 17.3 Å². The predicted octanol–water partition coefficient (Wildman–Crippen LogP) is 2.16. The van der Waals surface area contributed by atoms with Crippen LogP contribution in [-0.4, -0.2) is 27.0 Å². The molecule has 1 fully saturated rings. The summed E-state index contributed by atoms with van der Waals surface area (Å²) < 4.78 is 0. The molecule has 0 unspecified atom stereocenters. The molecule has 5 nitrogen and oxygen atoms in total. The molecule has 92 valence electrons. The lowest BCUT2D eigenvalue weighted by Gasteiger charge is -2.07. The van der Waals surface area contributed by atoms with Crippen LogP contribution in [0.25, 0.3) is 11.5 Å². The molecule has 18 heavy (non-hydrogen) atoms. The molecule has 1 aliphatic rings. The molecule has 2 aromatic heterocycles. The van der Waals surface area contributed by atoms with Crippen molar-refractivity contribution in [2.75, 3.05) is 12.4 Å². The fourth-order valence-corrected chi connectivity index (χ4v) is 1.88. The lowest BCUT2D eigenvalue weighted by molar-refractivity contribution is 0.974. The maximum absolute atomic E-state index is 4.61. The average molecular weight is 241 g/mol. The number of nitrogens with one attached hydrogen (secondary N) is 1.